The minimum absolute atomic E-state index is 0.128. The largest absolute Gasteiger partial charge is 0.272 e. The maximum atomic E-state index is 12.4. The van der Waals surface area contributed by atoms with E-state index in [1.165, 1.54) is 11.8 Å². The van der Waals surface area contributed by atoms with Gasteiger partial charge in [-0.3, -0.25) is 9.36 Å². The number of aromatic nitrogens is 3. The summed E-state index contributed by atoms with van der Waals surface area (Å²) >= 11 is 13.2. The van der Waals surface area contributed by atoms with Gasteiger partial charge < -0.3 is 0 Å². The molecular weight excluding hydrogens is 477 g/mol. The number of carbonyl (C=O) groups is 1. The smallest absolute Gasteiger partial charge is 0.250 e. The summed E-state index contributed by atoms with van der Waals surface area (Å²) in [4.78, 5) is 12.4. The van der Waals surface area contributed by atoms with E-state index in [1.54, 1.807) is 12.1 Å². The van der Waals surface area contributed by atoms with Crippen LogP contribution < -0.4 is 5.43 Å². The lowest BCUT2D eigenvalue weighted by atomic mass is 10.1. The first-order chi connectivity index (χ1) is 16.0. The standard InChI is InChI=1S/C24H19Cl2N5OS/c1-16(17-7-11-19(25)12-8-17)27-28-22(32)15-33-24-30-29-23(18-9-13-20(26)14-10-18)31(24)21-5-3-2-4-6-21/h2-14H,15H2,1H3,(H,28,32)/b27-16-. The van der Waals surface area contributed by atoms with Gasteiger partial charge in [-0.1, -0.05) is 65.3 Å². The first-order valence-electron chi connectivity index (χ1n) is 10.00. The predicted molar refractivity (Wildman–Crippen MR) is 134 cm³/mol. The van der Waals surface area contributed by atoms with Crippen molar-refractivity contribution in [1.29, 1.82) is 0 Å². The number of hydrogen-bond donors (Lipinski definition) is 1. The number of hydrazone groups is 1. The molecular formula is C24H19Cl2N5OS. The highest BCUT2D eigenvalue weighted by molar-refractivity contribution is 7.99. The molecule has 0 aliphatic carbocycles. The lowest BCUT2D eigenvalue weighted by Gasteiger charge is -2.10. The molecule has 0 atom stereocenters. The van der Waals surface area contributed by atoms with Crippen LogP contribution >= 0.6 is 35.0 Å². The summed E-state index contributed by atoms with van der Waals surface area (Å²) in [6.45, 7) is 1.82. The van der Waals surface area contributed by atoms with Gasteiger partial charge in [0.15, 0.2) is 11.0 Å². The number of nitrogens with zero attached hydrogens (tertiary/aromatic N) is 4. The number of rotatable bonds is 7. The van der Waals surface area contributed by atoms with Crippen molar-refractivity contribution >= 4 is 46.6 Å². The third-order valence-corrected chi connectivity index (χ3v) is 6.13. The zero-order chi connectivity index (χ0) is 23.2. The molecule has 6 nitrogen and oxygen atoms in total. The summed E-state index contributed by atoms with van der Waals surface area (Å²) in [7, 11) is 0. The first kappa shape index (κ1) is 23.0. The lowest BCUT2D eigenvalue weighted by Crippen LogP contribution is -2.21. The Morgan fingerprint density at radius 3 is 2.24 bits per heavy atom. The number of carbonyl (C=O) groups excluding carboxylic acids is 1. The normalized spacial score (nSPS) is 11.4. The molecule has 1 amide bonds. The van der Waals surface area contributed by atoms with E-state index >= 15 is 0 Å². The van der Waals surface area contributed by atoms with Gasteiger partial charge in [0.2, 0.25) is 0 Å². The molecule has 0 saturated heterocycles. The van der Waals surface area contributed by atoms with Gasteiger partial charge in [0.25, 0.3) is 5.91 Å². The molecule has 0 saturated carbocycles. The second-order valence-electron chi connectivity index (χ2n) is 7.01. The van der Waals surface area contributed by atoms with Crippen LogP contribution in [0.15, 0.2) is 89.1 Å². The van der Waals surface area contributed by atoms with Crippen molar-refractivity contribution < 1.29 is 4.79 Å². The zero-order valence-electron chi connectivity index (χ0n) is 17.6. The molecule has 0 bridgehead atoms. The number of halogens is 2. The molecule has 4 rings (SSSR count). The minimum atomic E-state index is -0.246. The fourth-order valence-corrected chi connectivity index (χ4v) is 4.02. The van der Waals surface area contributed by atoms with E-state index in [2.05, 4.69) is 20.7 Å². The molecule has 166 valence electrons. The van der Waals surface area contributed by atoms with Gasteiger partial charge in [-0.2, -0.15) is 5.10 Å². The Hall–Kier alpha value is -3.13. The SMILES string of the molecule is C/C(=N/NC(=O)CSc1nnc(-c2ccc(Cl)cc2)n1-c1ccccc1)c1ccc(Cl)cc1. The van der Waals surface area contributed by atoms with Crippen LogP contribution in [0.25, 0.3) is 17.1 Å². The summed E-state index contributed by atoms with van der Waals surface area (Å²) in [6, 6.07) is 24.4. The van der Waals surface area contributed by atoms with Crippen LogP contribution in [0.5, 0.6) is 0 Å². The summed E-state index contributed by atoms with van der Waals surface area (Å²) in [5.74, 6) is 0.546. The Balaban J connectivity index is 1.51. The van der Waals surface area contributed by atoms with Crippen LogP contribution in [0.1, 0.15) is 12.5 Å². The molecule has 0 fully saturated rings. The highest BCUT2D eigenvalue weighted by atomic mass is 35.5. The van der Waals surface area contributed by atoms with Crippen molar-refractivity contribution in [3.63, 3.8) is 0 Å². The van der Waals surface area contributed by atoms with Crippen molar-refractivity contribution in [2.75, 3.05) is 5.75 Å². The van der Waals surface area contributed by atoms with Crippen LogP contribution in [0.4, 0.5) is 0 Å². The molecule has 0 unspecified atom stereocenters. The fraction of sp³-hybridized carbons (Fsp3) is 0.0833. The summed E-state index contributed by atoms with van der Waals surface area (Å²) in [5, 5.41) is 14.8. The van der Waals surface area contributed by atoms with Crippen molar-refractivity contribution in [2.45, 2.75) is 12.1 Å². The van der Waals surface area contributed by atoms with E-state index in [0.29, 0.717) is 26.7 Å². The Bertz CT molecular complexity index is 1270. The Labute approximate surface area is 205 Å². The molecule has 4 aromatic rings. The number of nitrogens with one attached hydrogen (secondary N) is 1. The monoisotopic (exact) mass is 495 g/mol. The van der Waals surface area contributed by atoms with E-state index in [0.717, 1.165) is 16.8 Å². The van der Waals surface area contributed by atoms with Crippen LogP contribution in [-0.2, 0) is 4.79 Å². The maximum absolute atomic E-state index is 12.4. The molecule has 9 heteroatoms. The van der Waals surface area contributed by atoms with Crippen LogP contribution in [-0.4, -0.2) is 32.1 Å². The molecule has 1 N–H and O–H groups in total. The highest BCUT2D eigenvalue weighted by Crippen LogP contribution is 2.28. The third kappa shape index (κ3) is 5.82. The average molecular weight is 496 g/mol. The second-order valence-corrected chi connectivity index (χ2v) is 8.83. The lowest BCUT2D eigenvalue weighted by molar-refractivity contribution is -0.118. The summed E-state index contributed by atoms with van der Waals surface area (Å²) in [6.07, 6.45) is 0. The van der Waals surface area contributed by atoms with E-state index < -0.39 is 0 Å². The van der Waals surface area contributed by atoms with Gasteiger partial charge >= 0.3 is 0 Å². The number of thioether (sulfide) groups is 1. The minimum Gasteiger partial charge on any atom is -0.272 e. The predicted octanol–water partition coefficient (Wildman–Crippen LogP) is 5.87. The van der Waals surface area contributed by atoms with Crippen molar-refractivity contribution in [3.8, 4) is 17.1 Å². The zero-order valence-corrected chi connectivity index (χ0v) is 19.9. The third-order valence-electron chi connectivity index (χ3n) is 4.69. The maximum Gasteiger partial charge on any atom is 0.250 e. The quantitative estimate of drug-likeness (QED) is 0.197. The van der Waals surface area contributed by atoms with Crippen molar-refractivity contribution in [1.82, 2.24) is 20.2 Å². The molecule has 0 radical (unpaired) electrons. The molecule has 3 aromatic carbocycles. The van der Waals surface area contributed by atoms with Gasteiger partial charge in [-0.25, -0.2) is 5.43 Å². The molecule has 1 heterocycles. The fourth-order valence-electron chi connectivity index (χ4n) is 3.02. The van der Waals surface area contributed by atoms with Crippen LogP contribution in [0.3, 0.4) is 0 Å². The van der Waals surface area contributed by atoms with Gasteiger partial charge in [-0.15, -0.1) is 10.2 Å². The Morgan fingerprint density at radius 2 is 1.58 bits per heavy atom. The van der Waals surface area contributed by atoms with Crippen LogP contribution in [0, 0.1) is 0 Å². The van der Waals surface area contributed by atoms with E-state index in [-0.39, 0.29) is 11.7 Å². The van der Waals surface area contributed by atoms with E-state index in [4.69, 9.17) is 23.2 Å². The van der Waals surface area contributed by atoms with E-state index in [9.17, 15) is 4.79 Å². The molecule has 0 aliphatic heterocycles. The second kappa shape index (κ2) is 10.7. The van der Waals surface area contributed by atoms with Crippen molar-refractivity contribution in [3.05, 3.63) is 94.5 Å². The van der Waals surface area contributed by atoms with Gasteiger partial charge in [-0.05, 0) is 61.0 Å². The van der Waals surface area contributed by atoms with Gasteiger partial charge in [0.1, 0.15) is 0 Å². The van der Waals surface area contributed by atoms with Crippen LogP contribution in [0.2, 0.25) is 10.0 Å². The first-order valence-corrected chi connectivity index (χ1v) is 11.7. The van der Waals surface area contributed by atoms with Gasteiger partial charge in [0.05, 0.1) is 11.5 Å². The molecule has 1 aromatic heterocycles. The number of hydrogen-bond acceptors (Lipinski definition) is 5. The Kier molecular flexibility index (Phi) is 7.44. The molecule has 0 aliphatic rings. The topological polar surface area (TPSA) is 72.2 Å². The number of para-hydroxylation sites is 1. The molecule has 0 spiro atoms. The number of amides is 1. The summed E-state index contributed by atoms with van der Waals surface area (Å²) < 4.78 is 1.92. The Morgan fingerprint density at radius 1 is 0.939 bits per heavy atom. The summed E-state index contributed by atoms with van der Waals surface area (Å²) in [5.41, 5.74) is 5.92. The van der Waals surface area contributed by atoms with Crippen molar-refractivity contribution in [2.24, 2.45) is 5.10 Å². The highest BCUT2D eigenvalue weighted by Gasteiger charge is 2.17. The van der Waals surface area contributed by atoms with E-state index in [1.807, 2.05) is 78.2 Å². The average Bonchev–Trinajstić information content (AvgIpc) is 3.26. The van der Waals surface area contributed by atoms with Gasteiger partial charge in [0, 0.05) is 21.3 Å². The molecule has 33 heavy (non-hydrogen) atoms. The number of benzene rings is 3.